The van der Waals surface area contributed by atoms with Gasteiger partial charge in [-0.1, -0.05) is 11.3 Å². The maximum atomic E-state index is 11.6. The Kier molecular flexibility index (Phi) is 4.36. The molecule has 1 aromatic heterocycles. The van der Waals surface area contributed by atoms with E-state index in [-0.39, 0.29) is 12.5 Å². The zero-order valence-electron chi connectivity index (χ0n) is 11.0. The number of fused-ring (bicyclic) bond motifs is 1. The predicted octanol–water partition coefficient (Wildman–Crippen LogP) is 1.17. The number of carbonyl (C=O) groups is 2. The van der Waals surface area contributed by atoms with Gasteiger partial charge < -0.3 is 20.7 Å². The summed E-state index contributed by atoms with van der Waals surface area (Å²) >= 11 is 1.40. The molecule has 0 unspecified atom stereocenters. The van der Waals surface area contributed by atoms with E-state index in [0.717, 1.165) is 10.2 Å². The lowest BCUT2D eigenvalue weighted by Crippen LogP contribution is -2.38. The molecule has 20 heavy (non-hydrogen) atoms. The van der Waals surface area contributed by atoms with Crippen LogP contribution in [-0.2, 0) is 4.79 Å². The van der Waals surface area contributed by atoms with Crippen LogP contribution in [0.4, 0.5) is 10.5 Å². The molecule has 3 amide bonds. The number of aromatic nitrogens is 1. The number of ether oxygens (including phenoxy) is 1. The van der Waals surface area contributed by atoms with Crippen LogP contribution in [0.25, 0.3) is 10.2 Å². The van der Waals surface area contributed by atoms with Gasteiger partial charge in [-0.05, 0) is 18.2 Å². The van der Waals surface area contributed by atoms with Crippen molar-refractivity contribution in [1.29, 1.82) is 0 Å². The van der Waals surface area contributed by atoms with Gasteiger partial charge in [0.2, 0.25) is 5.91 Å². The normalized spacial score (nSPS) is 10.1. The molecule has 3 N–H and O–H groups in total. The van der Waals surface area contributed by atoms with Crippen LogP contribution in [0.1, 0.15) is 0 Å². The van der Waals surface area contributed by atoms with Crippen molar-refractivity contribution in [1.82, 2.24) is 15.6 Å². The van der Waals surface area contributed by atoms with Crippen LogP contribution in [0.3, 0.4) is 0 Å². The Hall–Kier alpha value is -2.35. The van der Waals surface area contributed by atoms with Crippen molar-refractivity contribution in [2.45, 2.75) is 0 Å². The molecule has 0 atom stereocenters. The molecule has 0 aliphatic carbocycles. The largest absolute Gasteiger partial charge is 0.473 e. The van der Waals surface area contributed by atoms with Crippen molar-refractivity contribution in [2.24, 2.45) is 0 Å². The molecule has 0 aliphatic rings. The number of methoxy groups -OCH3 is 1. The molecule has 2 aromatic rings. The minimum atomic E-state index is -0.400. The molecule has 0 saturated heterocycles. The van der Waals surface area contributed by atoms with Crippen LogP contribution in [0.2, 0.25) is 0 Å². The summed E-state index contributed by atoms with van der Waals surface area (Å²) in [6.07, 6.45) is 0. The van der Waals surface area contributed by atoms with Gasteiger partial charge in [-0.3, -0.25) is 4.79 Å². The Morgan fingerprint density at radius 2 is 2.20 bits per heavy atom. The Balaban J connectivity index is 2.02. The van der Waals surface area contributed by atoms with Crippen LogP contribution >= 0.6 is 11.3 Å². The third kappa shape index (κ3) is 3.35. The summed E-state index contributed by atoms with van der Waals surface area (Å²) in [6, 6.07) is 4.96. The number of carbonyl (C=O) groups excluding carboxylic acids is 2. The topological polar surface area (TPSA) is 92.4 Å². The fourth-order valence-electron chi connectivity index (χ4n) is 1.52. The number of anilines is 1. The van der Waals surface area contributed by atoms with E-state index in [9.17, 15) is 9.59 Å². The van der Waals surface area contributed by atoms with Gasteiger partial charge in [0, 0.05) is 12.7 Å². The second-order valence-corrected chi connectivity index (χ2v) is 4.84. The van der Waals surface area contributed by atoms with Gasteiger partial charge >= 0.3 is 6.03 Å². The fraction of sp³-hybridized carbons (Fsp3) is 0.250. The number of hydrogen-bond donors (Lipinski definition) is 3. The number of nitrogens with one attached hydrogen (secondary N) is 3. The summed E-state index contributed by atoms with van der Waals surface area (Å²) in [5, 5.41) is 8.05. The molecule has 1 aromatic carbocycles. The van der Waals surface area contributed by atoms with Crippen LogP contribution < -0.4 is 20.7 Å². The zero-order chi connectivity index (χ0) is 14.5. The second kappa shape index (κ2) is 6.20. The zero-order valence-corrected chi connectivity index (χ0v) is 11.8. The molecule has 0 radical (unpaired) electrons. The lowest BCUT2D eigenvalue weighted by Gasteiger charge is -2.06. The molecule has 0 bridgehead atoms. The number of benzene rings is 1. The molecule has 0 fully saturated rings. The van der Waals surface area contributed by atoms with Gasteiger partial charge in [0.1, 0.15) is 0 Å². The summed E-state index contributed by atoms with van der Waals surface area (Å²) in [7, 11) is 3.04. The number of thiazole rings is 1. The number of amides is 3. The highest BCUT2D eigenvalue weighted by Crippen LogP contribution is 2.29. The summed E-state index contributed by atoms with van der Waals surface area (Å²) in [6.45, 7) is -0.0935. The Labute approximate surface area is 119 Å². The first-order valence-electron chi connectivity index (χ1n) is 5.82. The fourth-order valence-corrected chi connectivity index (χ4v) is 2.34. The molecule has 0 spiro atoms. The highest BCUT2D eigenvalue weighted by atomic mass is 32.1. The predicted molar refractivity (Wildman–Crippen MR) is 77.3 cm³/mol. The standard InChI is InChI=1S/C12H14N4O3S/c1-13-11(18)14-6-10(17)15-7-3-4-8-9(5-7)20-12(16-8)19-2/h3-5H,6H2,1-2H3,(H,15,17)(H2,13,14,18). The summed E-state index contributed by atoms with van der Waals surface area (Å²) < 4.78 is 5.98. The van der Waals surface area contributed by atoms with E-state index in [0.29, 0.717) is 10.9 Å². The van der Waals surface area contributed by atoms with Gasteiger partial charge in [-0.2, -0.15) is 0 Å². The lowest BCUT2D eigenvalue weighted by atomic mass is 10.3. The van der Waals surface area contributed by atoms with Gasteiger partial charge in [0.15, 0.2) is 0 Å². The minimum Gasteiger partial charge on any atom is -0.473 e. The number of hydrogen-bond acceptors (Lipinski definition) is 5. The summed E-state index contributed by atoms with van der Waals surface area (Å²) in [5.74, 6) is -0.301. The van der Waals surface area contributed by atoms with Crippen molar-refractivity contribution in [3.63, 3.8) is 0 Å². The number of urea groups is 1. The van der Waals surface area contributed by atoms with Crippen LogP contribution in [0.15, 0.2) is 18.2 Å². The van der Waals surface area contributed by atoms with Crippen LogP contribution in [0.5, 0.6) is 5.19 Å². The van der Waals surface area contributed by atoms with Gasteiger partial charge in [-0.15, -0.1) is 0 Å². The third-order valence-corrected chi connectivity index (χ3v) is 3.44. The Morgan fingerprint density at radius 3 is 2.90 bits per heavy atom. The first-order chi connectivity index (χ1) is 9.62. The van der Waals surface area contributed by atoms with Gasteiger partial charge in [-0.25, -0.2) is 9.78 Å². The van der Waals surface area contributed by atoms with E-state index >= 15 is 0 Å². The molecular formula is C12H14N4O3S. The quantitative estimate of drug-likeness (QED) is 0.789. The maximum absolute atomic E-state index is 11.6. The molecule has 2 rings (SSSR count). The van der Waals surface area contributed by atoms with Crippen LogP contribution in [-0.4, -0.2) is 37.6 Å². The smallest absolute Gasteiger partial charge is 0.314 e. The summed E-state index contributed by atoms with van der Waals surface area (Å²) in [5.41, 5.74) is 1.46. The second-order valence-electron chi connectivity index (χ2n) is 3.85. The van der Waals surface area contributed by atoms with E-state index in [2.05, 4.69) is 20.9 Å². The molecule has 8 heteroatoms. The van der Waals surface area contributed by atoms with E-state index in [4.69, 9.17) is 4.74 Å². The van der Waals surface area contributed by atoms with E-state index in [1.54, 1.807) is 19.2 Å². The minimum absolute atomic E-state index is 0.0935. The van der Waals surface area contributed by atoms with Crippen molar-refractivity contribution in [2.75, 3.05) is 26.0 Å². The van der Waals surface area contributed by atoms with E-state index in [1.165, 1.54) is 18.4 Å². The van der Waals surface area contributed by atoms with E-state index in [1.807, 2.05) is 6.07 Å². The average molecular weight is 294 g/mol. The third-order valence-electron chi connectivity index (χ3n) is 2.46. The Morgan fingerprint density at radius 1 is 1.40 bits per heavy atom. The summed E-state index contributed by atoms with van der Waals surface area (Å²) in [4.78, 5) is 26.8. The van der Waals surface area contributed by atoms with Gasteiger partial charge in [0.25, 0.3) is 5.19 Å². The number of nitrogens with zero attached hydrogens (tertiary/aromatic N) is 1. The molecule has 106 valence electrons. The van der Waals surface area contributed by atoms with Crippen molar-refractivity contribution < 1.29 is 14.3 Å². The molecule has 0 saturated carbocycles. The van der Waals surface area contributed by atoms with Crippen molar-refractivity contribution >= 4 is 39.2 Å². The highest BCUT2D eigenvalue weighted by molar-refractivity contribution is 7.20. The molecule has 1 heterocycles. The number of rotatable bonds is 4. The molecule has 0 aliphatic heterocycles. The average Bonchev–Trinajstić information content (AvgIpc) is 2.87. The SMILES string of the molecule is CNC(=O)NCC(=O)Nc1ccc2nc(OC)sc2c1. The molecular weight excluding hydrogens is 280 g/mol. The van der Waals surface area contributed by atoms with E-state index < -0.39 is 6.03 Å². The van der Waals surface area contributed by atoms with Gasteiger partial charge in [0.05, 0.1) is 23.9 Å². The first kappa shape index (κ1) is 14.1. The van der Waals surface area contributed by atoms with Crippen molar-refractivity contribution in [3.8, 4) is 5.19 Å². The monoisotopic (exact) mass is 294 g/mol. The maximum Gasteiger partial charge on any atom is 0.314 e. The Bertz CT molecular complexity index is 641. The highest BCUT2D eigenvalue weighted by Gasteiger charge is 2.07. The lowest BCUT2D eigenvalue weighted by molar-refractivity contribution is -0.115. The van der Waals surface area contributed by atoms with Crippen molar-refractivity contribution in [3.05, 3.63) is 18.2 Å². The molecule has 7 nitrogen and oxygen atoms in total. The first-order valence-corrected chi connectivity index (χ1v) is 6.64. The van der Waals surface area contributed by atoms with Crippen LogP contribution in [0, 0.1) is 0 Å².